The Morgan fingerprint density at radius 2 is 2.33 bits per heavy atom. The summed E-state index contributed by atoms with van der Waals surface area (Å²) in [6, 6.07) is 6.23. The average Bonchev–Trinajstić information content (AvgIpc) is 2.84. The lowest BCUT2D eigenvalue weighted by Gasteiger charge is -2.26. The van der Waals surface area contributed by atoms with E-state index in [0.717, 1.165) is 38.1 Å². The summed E-state index contributed by atoms with van der Waals surface area (Å²) in [4.78, 5) is 14.5. The highest BCUT2D eigenvalue weighted by Crippen LogP contribution is 2.32. The molecule has 1 fully saturated rings. The number of fused-ring (bicyclic) bond motifs is 1. The highest BCUT2D eigenvalue weighted by Gasteiger charge is 2.31. The molecule has 3 rings (SSSR count). The summed E-state index contributed by atoms with van der Waals surface area (Å²) in [6.45, 7) is 4.35. The zero-order chi connectivity index (χ0) is 12.5. The third-order valence-corrected chi connectivity index (χ3v) is 4.04. The molecule has 96 valence electrons. The van der Waals surface area contributed by atoms with Crippen LogP contribution in [0.2, 0.25) is 0 Å². The first-order valence-electron chi connectivity index (χ1n) is 6.75. The minimum Gasteiger partial charge on any atom is -0.381 e. The Labute approximate surface area is 108 Å². The zero-order valence-corrected chi connectivity index (χ0v) is 10.8. The molecule has 0 radical (unpaired) electrons. The number of ether oxygens (including phenoxy) is 1. The minimum atomic E-state index is 0.0604. The maximum atomic E-state index is 12.5. The van der Waals surface area contributed by atoms with E-state index in [-0.39, 0.29) is 11.8 Å². The van der Waals surface area contributed by atoms with Crippen molar-refractivity contribution in [3.8, 4) is 0 Å². The fraction of sp³-hybridized carbons (Fsp3) is 0.533. The lowest BCUT2D eigenvalue weighted by atomic mass is 10.0. The maximum Gasteiger partial charge on any atom is 0.232 e. The van der Waals surface area contributed by atoms with E-state index >= 15 is 0 Å². The largest absolute Gasteiger partial charge is 0.381 e. The van der Waals surface area contributed by atoms with Crippen molar-refractivity contribution in [1.82, 2.24) is 0 Å². The number of carbonyl (C=O) groups excluding carboxylic acids is 1. The smallest absolute Gasteiger partial charge is 0.232 e. The van der Waals surface area contributed by atoms with Crippen molar-refractivity contribution in [3.05, 3.63) is 29.3 Å². The van der Waals surface area contributed by atoms with Gasteiger partial charge >= 0.3 is 0 Å². The standard InChI is InChI=1S/C15H19NO2/c1-11-4-2-6-14-13(11)7-8-16(14)15(17)12-5-3-9-18-10-12/h2,4,6,12H,3,5,7-10H2,1H3. The fourth-order valence-electron chi connectivity index (χ4n) is 2.99. The van der Waals surface area contributed by atoms with Crippen LogP contribution in [0.5, 0.6) is 0 Å². The molecular formula is C15H19NO2. The van der Waals surface area contributed by atoms with E-state index in [1.165, 1.54) is 11.1 Å². The highest BCUT2D eigenvalue weighted by atomic mass is 16.5. The van der Waals surface area contributed by atoms with E-state index in [9.17, 15) is 4.79 Å². The molecule has 18 heavy (non-hydrogen) atoms. The maximum absolute atomic E-state index is 12.5. The summed E-state index contributed by atoms with van der Waals surface area (Å²) in [5, 5.41) is 0. The van der Waals surface area contributed by atoms with Crippen molar-refractivity contribution in [2.45, 2.75) is 26.2 Å². The number of carbonyl (C=O) groups is 1. The summed E-state index contributed by atoms with van der Waals surface area (Å²) in [6.07, 6.45) is 2.96. The molecule has 0 bridgehead atoms. The molecule has 1 aromatic carbocycles. The molecule has 0 aliphatic carbocycles. The molecule has 1 unspecified atom stereocenters. The molecule has 0 saturated carbocycles. The van der Waals surface area contributed by atoms with Crippen molar-refractivity contribution < 1.29 is 9.53 Å². The van der Waals surface area contributed by atoms with Gasteiger partial charge in [0.05, 0.1) is 12.5 Å². The first-order valence-corrected chi connectivity index (χ1v) is 6.75. The number of hydrogen-bond donors (Lipinski definition) is 0. The van der Waals surface area contributed by atoms with Gasteiger partial charge in [-0.2, -0.15) is 0 Å². The summed E-state index contributed by atoms with van der Waals surface area (Å²) in [5.41, 5.74) is 3.75. The van der Waals surface area contributed by atoms with Gasteiger partial charge in [0.25, 0.3) is 0 Å². The Balaban J connectivity index is 1.83. The molecule has 0 aromatic heterocycles. The topological polar surface area (TPSA) is 29.5 Å². The van der Waals surface area contributed by atoms with Crippen LogP contribution in [-0.4, -0.2) is 25.7 Å². The molecule has 2 heterocycles. The number of amides is 1. The highest BCUT2D eigenvalue weighted by molar-refractivity contribution is 5.97. The molecule has 3 nitrogen and oxygen atoms in total. The molecule has 1 aromatic rings. The van der Waals surface area contributed by atoms with E-state index in [1.54, 1.807) is 0 Å². The third-order valence-electron chi connectivity index (χ3n) is 4.04. The van der Waals surface area contributed by atoms with E-state index in [4.69, 9.17) is 4.74 Å². The normalized spacial score (nSPS) is 22.9. The Bertz CT molecular complexity index is 464. The average molecular weight is 245 g/mol. The summed E-state index contributed by atoms with van der Waals surface area (Å²) in [5.74, 6) is 0.310. The van der Waals surface area contributed by atoms with Gasteiger partial charge in [0.15, 0.2) is 0 Å². The van der Waals surface area contributed by atoms with E-state index in [2.05, 4.69) is 19.1 Å². The van der Waals surface area contributed by atoms with Crippen molar-refractivity contribution in [1.29, 1.82) is 0 Å². The second-order valence-corrected chi connectivity index (χ2v) is 5.23. The molecule has 0 spiro atoms. The van der Waals surface area contributed by atoms with Gasteiger partial charge in [0.1, 0.15) is 0 Å². The van der Waals surface area contributed by atoms with Gasteiger partial charge in [-0.3, -0.25) is 4.79 Å². The number of hydrogen-bond acceptors (Lipinski definition) is 2. The van der Waals surface area contributed by atoms with Crippen LogP contribution in [0.4, 0.5) is 5.69 Å². The van der Waals surface area contributed by atoms with Crippen LogP contribution in [0.1, 0.15) is 24.0 Å². The fourth-order valence-corrected chi connectivity index (χ4v) is 2.99. The monoisotopic (exact) mass is 245 g/mol. The van der Waals surface area contributed by atoms with Gasteiger partial charge in [0.2, 0.25) is 5.91 Å². The number of benzene rings is 1. The molecule has 2 aliphatic heterocycles. The van der Waals surface area contributed by atoms with Crippen molar-refractivity contribution in [2.24, 2.45) is 5.92 Å². The van der Waals surface area contributed by atoms with Gasteiger partial charge < -0.3 is 9.64 Å². The van der Waals surface area contributed by atoms with E-state index in [0.29, 0.717) is 6.61 Å². The predicted octanol–water partition coefficient (Wildman–Crippen LogP) is 2.31. The second kappa shape index (κ2) is 4.73. The summed E-state index contributed by atoms with van der Waals surface area (Å²) >= 11 is 0. The van der Waals surface area contributed by atoms with Crippen LogP contribution in [-0.2, 0) is 16.0 Å². The number of anilines is 1. The molecule has 0 N–H and O–H groups in total. The molecule has 1 saturated heterocycles. The molecule has 1 amide bonds. The van der Waals surface area contributed by atoms with Crippen LogP contribution in [0, 0.1) is 12.8 Å². The first kappa shape index (κ1) is 11.7. The molecular weight excluding hydrogens is 226 g/mol. The minimum absolute atomic E-state index is 0.0604. The van der Waals surface area contributed by atoms with Crippen molar-refractivity contribution >= 4 is 11.6 Å². The number of rotatable bonds is 1. The van der Waals surface area contributed by atoms with Crippen LogP contribution >= 0.6 is 0 Å². The first-order chi connectivity index (χ1) is 8.77. The molecule has 3 heteroatoms. The molecule has 2 aliphatic rings. The summed E-state index contributed by atoms with van der Waals surface area (Å²) < 4.78 is 5.43. The van der Waals surface area contributed by atoms with Crippen LogP contribution < -0.4 is 4.90 Å². The number of aryl methyl sites for hydroxylation is 1. The Kier molecular flexibility index (Phi) is 3.08. The third kappa shape index (κ3) is 1.93. The second-order valence-electron chi connectivity index (χ2n) is 5.23. The van der Waals surface area contributed by atoms with Gasteiger partial charge in [0, 0.05) is 18.8 Å². The van der Waals surface area contributed by atoms with Crippen LogP contribution in [0.3, 0.4) is 0 Å². The van der Waals surface area contributed by atoms with E-state index < -0.39 is 0 Å². The van der Waals surface area contributed by atoms with Gasteiger partial charge in [-0.1, -0.05) is 12.1 Å². The Morgan fingerprint density at radius 1 is 1.44 bits per heavy atom. The summed E-state index contributed by atoms with van der Waals surface area (Å²) in [7, 11) is 0. The lowest BCUT2D eigenvalue weighted by molar-refractivity contribution is -0.126. The van der Waals surface area contributed by atoms with Gasteiger partial charge in [-0.05, 0) is 43.4 Å². The van der Waals surface area contributed by atoms with E-state index in [1.807, 2.05) is 11.0 Å². The zero-order valence-electron chi connectivity index (χ0n) is 10.8. The predicted molar refractivity (Wildman–Crippen MR) is 70.8 cm³/mol. The van der Waals surface area contributed by atoms with Crippen LogP contribution in [0.15, 0.2) is 18.2 Å². The van der Waals surface area contributed by atoms with Gasteiger partial charge in [-0.25, -0.2) is 0 Å². The lowest BCUT2D eigenvalue weighted by Crippen LogP contribution is -2.38. The van der Waals surface area contributed by atoms with Crippen molar-refractivity contribution in [2.75, 3.05) is 24.7 Å². The Morgan fingerprint density at radius 3 is 3.11 bits per heavy atom. The number of nitrogens with zero attached hydrogens (tertiary/aromatic N) is 1. The van der Waals surface area contributed by atoms with Gasteiger partial charge in [-0.15, -0.1) is 0 Å². The van der Waals surface area contributed by atoms with Crippen LogP contribution in [0.25, 0.3) is 0 Å². The molecule has 1 atom stereocenters. The van der Waals surface area contributed by atoms with Crippen molar-refractivity contribution in [3.63, 3.8) is 0 Å². The quantitative estimate of drug-likeness (QED) is 0.760. The Hall–Kier alpha value is -1.35. The SMILES string of the molecule is Cc1cccc2c1CCN2C(=O)C1CCCOC1.